The summed E-state index contributed by atoms with van der Waals surface area (Å²) in [5.74, 6) is 0.592. The summed E-state index contributed by atoms with van der Waals surface area (Å²) in [7, 11) is 0. The second kappa shape index (κ2) is 10.4. The van der Waals surface area contributed by atoms with Gasteiger partial charge in [-0.2, -0.15) is 5.10 Å². The molecule has 1 fully saturated rings. The number of hydrogen-bond donors (Lipinski definition) is 1. The van der Waals surface area contributed by atoms with Crippen molar-refractivity contribution in [3.63, 3.8) is 0 Å². The third kappa shape index (κ3) is 6.07. The number of carbonyl (C=O) groups is 1. The number of rotatable bonds is 8. The minimum absolute atomic E-state index is 0.172. The molecule has 2 aromatic carbocycles. The van der Waals surface area contributed by atoms with Gasteiger partial charge in [-0.05, 0) is 55.0 Å². The van der Waals surface area contributed by atoms with E-state index in [1.807, 2.05) is 36.4 Å². The summed E-state index contributed by atoms with van der Waals surface area (Å²) in [4.78, 5) is 14.9. The number of nitrogens with zero attached hydrogens (tertiary/aromatic N) is 3. The molecule has 1 N–H and O–H groups in total. The zero-order valence-corrected chi connectivity index (χ0v) is 17.9. The van der Waals surface area contributed by atoms with Crippen LogP contribution in [0.1, 0.15) is 16.8 Å². The maximum Gasteiger partial charge on any atom is 0.255 e. The van der Waals surface area contributed by atoms with Crippen molar-refractivity contribution in [3.8, 4) is 11.4 Å². The summed E-state index contributed by atoms with van der Waals surface area (Å²) < 4.78 is 12.8. The molecule has 0 aliphatic carbocycles. The first-order valence-electron chi connectivity index (χ1n) is 10.3. The highest BCUT2D eigenvalue weighted by Crippen LogP contribution is 2.17. The first-order chi connectivity index (χ1) is 15.2. The number of carbonyl (C=O) groups excluding carboxylic acids is 1. The lowest BCUT2D eigenvalue weighted by molar-refractivity contribution is 0.0358. The minimum Gasteiger partial charge on any atom is -0.494 e. The van der Waals surface area contributed by atoms with Gasteiger partial charge in [0.2, 0.25) is 0 Å². The summed E-state index contributed by atoms with van der Waals surface area (Å²) in [5.41, 5.74) is 2.14. The fourth-order valence-electron chi connectivity index (χ4n) is 3.35. The molecular formula is C23H25ClN4O3. The van der Waals surface area contributed by atoms with Crippen molar-refractivity contribution in [2.75, 3.05) is 44.8 Å². The maximum absolute atomic E-state index is 12.5. The summed E-state index contributed by atoms with van der Waals surface area (Å²) in [5, 5.41) is 7.63. The molecule has 0 saturated carbocycles. The lowest BCUT2D eigenvalue weighted by Gasteiger charge is -2.26. The second-order valence-corrected chi connectivity index (χ2v) is 7.72. The molecule has 0 atom stereocenters. The summed E-state index contributed by atoms with van der Waals surface area (Å²) >= 11 is 5.90. The largest absolute Gasteiger partial charge is 0.494 e. The third-order valence-electron chi connectivity index (χ3n) is 5.05. The van der Waals surface area contributed by atoms with Crippen molar-refractivity contribution in [1.29, 1.82) is 0 Å². The molecule has 162 valence electrons. The standard InChI is InChI=1S/C23H25ClN4O3/c24-19-16-25-28(17-19)21-6-4-20(5-7-21)26-23(29)18-2-8-22(9-3-18)31-13-1-10-27-11-14-30-15-12-27/h2-9,16-17H,1,10-15H2,(H,26,29). The predicted molar refractivity (Wildman–Crippen MR) is 120 cm³/mol. The molecule has 1 aliphatic heterocycles. The number of nitrogens with one attached hydrogen (secondary N) is 1. The fraction of sp³-hybridized carbons (Fsp3) is 0.304. The van der Waals surface area contributed by atoms with Gasteiger partial charge in [0, 0.05) is 37.1 Å². The Kier molecular flexibility index (Phi) is 7.19. The van der Waals surface area contributed by atoms with E-state index in [4.69, 9.17) is 21.1 Å². The Balaban J connectivity index is 1.24. The average molecular weight is 441 g/mol. The molecule has 31 heavy (non-hydrogen) atoms. The molecule has 4 rings (SSSR count). The molecule has 1 amide bonds. The van der Waals surface area contributed by atoms with E-state index >= 15 is 0 Å². The molecule has 1 aromatic heterocycles. The van der Waals surface area contributed by atoms with Crippen molar-refractivity contribution < 1.29 is 14.3 Å². The third-order valence-corrected chi connectivity index (χ3v) is 5.24. The van der Waals surface area contributed by atoms with Crippen LogP contribution in [-0.2, 0) is 4.74 Å². The molecule has 0 radical (unpaired) electrons. The van der Waals surface area contributed by atoms with Crippen molar-refractivity contribution >= 4 is 23.2 Å². The Morgan fingerprint density at radius 1 is 1.10 bits per heavy atom. The Labute approximate surface area is 186 Å². The van der Waals surface area contributed by atoms with Gasteiger partial charge in [-0.3, -0.25) is 9.69 Å². The quantitative estimate of drug-likeness (QED) is 0.538. The first kappa shape index (κ1) is 21.4. The fourth-order valence-corrected chi connectivity index (χ4v) is 3.48. The number of aromatic nitrogens is 2. The number of hydrogen-bond acceptors (Lipinski definition) is 5. The van der Waals surface area contributed by atoms with Gasteiger partial charge in [0.25, 0.3) is 5.91 Å². The number of benzene rings is 2. The molecular weight excluding hydrogens is 416 g/mol. The van der Waals surface area contributed by atoms with E-state index in [0.29, 0.717) is 22.9 Å². The summed E-state index contributed by atoms with van der Waals surface area (Å²) in [6.07, 6.45) is 4.26. The molecule has 8 heteroatoms. The van der Waals surface area contributed by atoms with Crippen LogP contribution >= 0.6 is 11.6 Å². The molecule has 0 spiro atoms. The van der Waals surface area contributed by atoms with Gasteiger partial charge in [0.05, 0.1) is 36.7 Å². The molecule has 0 bridgehead atoms. The highest BCUT2D eigenvalue weighted by atomic mass is 35.5. The van der Waals surface area contributed by atoms with Crippen LogP contribution in [0.4, 0.5) is 5.69 Å². The second-order valence-electron chi connectivity index (χ2n) is 7.28. The van der Waals surface area contributed by atoms with E-state index in [0.717, 1.165) is 50.7 Å². The Morgan fingerprint density at radius 3 is 2.52 bits per heavy atom. The van der Waals surface area contributed by atoms with E-state index in [-0.39, 0.29) is 5.91 Å². The smallest absolute Gasteiger partial charge is 0.255 e. The molecule has 0 unspecified atom stereocenters. The Bertz CT molecular complexity index is 983. The van der Waals surface area contributed by atoms with E-state index in [2.05, 4.69) is 15.3 Å². The average Bonchev–Trinajstić information content (AvgIpc) is 3.24. The predicted octanol–water partition coefficient (Wildman–Crippen LogP) is 3.88. The molecule has 1 saturated heterocycles. The normalized spacial score (nSPS) is 14.4. The monoisotopic (exact) mass is 440 g/mol. The van der Waals surface area contributed by atoms with Gasteiger partial charge in [-0.25, -0.2) is 4.68 Å². The molecule has 3 aromatic rings. The number of anilines is 1. The number of ether oxygens (including phenoxy) is 2. The topological polar surface area (TPSA) is 68.6 Å². The van der Waals surface area contributed by atoms with E-state index < -0.39 is 0 Å². The molecule has 1 aliphatic rings. The van der Waals surface area contributed by atoms with Crippen LogP contribution in [0.2, 0.25) is 5.02 Å². The molecule has 2 heterocycles. The Morgan fingerprint density at radius 2 is 1.84 bits per heavy atom. The minimum atomic E-state index is -0.172. The zero-order valence-electron chi connectivity index (χ0n) is 17.2. The lowest BCUT2D eigenvalue weighted by Crippen LogP contribution is -2.37. The van der Waals surface area contributed by atoms with Gasteiger partial charge in [0.15, 0.2) is 0 Å². The van der Waals surface area contributed by atoms with Crippen LogP contribution in [0.25, 0.3) is 5.69 Å². The van der Waals surface area contributed by atoms with Crippen LogP contribution in [0, 0.1) is 0 Å². The van der Waals surface area contributed by atoms with Gasteiger partial charge in [-0.15, -0.1) is 0 Å². The Hall–Kier alpha value is -2.87. The highest BCUT2D eigenvalue weighted by Gasteiger charge is 2.10. The summed E-state index contributed by atoms with van der Waals surface area (Å²) in [6, 6.07) is 14.6. The van der Waals surface area contributed by atoms with Crippen molar-refractivity contribution in [2.24, 2.45) is 0 Å². The van der Waals surface area contributed by atoms with E-state index in [1.165, 1.54) is 0 Å². The van der Waals surface area contributed by atoms with Gasteiger partial charge in [0.1, 0.15) is 5.75 Å². The van der Waals surface area contributed by atoms with Crippen molar-refractivity contribution in [1.82, 2.24) is 14.7 Å². The number of halogens is 1. The SMILES string of the molecule is O=C(Nc1ccc(-n2cc(Cl)cn2)cc1)c1ccc(OCCCN2CCOCC2)cc1. The van der Waals surface area contributed by atoms with Gasteiger partial charge >= 0.3 is 0 Å². The van der Waals surface area contributed by atoms with Gasteiger partial charge < -0.3 is 14.8 Å². The maximum atomic E-state index is 12.5. The van der Waals surface area contributed by atoms with Gasteiger partial charge in [-0.1, -0.05) is 11.6 Å². The zero-order chi connectivity index (χ0) is 21.5. The van der Waals surface area contributed by atoms with Crippen LogP contribution in [-0.4, -0.2) is 60.0 Å². The van der Waals surface area contributed by atoms with Crippen LogP contribution in [0.5, 0.6) is 5.75 Å². The number of morpholine rings is 1. The van der Waals surface area contributed by atoms with Crippen LogP contribution < -0.4 is 10.1 Å². The summed E-state index contributed by atoms with van der Waals surface area (Å²) in [6.45, 7) is 5.27. The van der Waals surface area contributed by atoms with Crippen molar-refractivity contribution in [3.05, 3.63) is 71.5 Å². The first-order valence-corrected chi connectivity index (χ1v) is 10.7. The van der Waals surface area contributed by atoms with Crippen LogP contribution in [0.15, 0.2) is 60.9 Å². The van der Waals surface area contributed by atoms with E-state index in [9.17, 15) is 4.79 Å². The lowest BCUT2D eigenvalue weighted by atomic mass is 10.2. The highest BCUT2D eigenvalue weighted by molar-refractivity contribution is 6.30. The number of amides is 1. The van der Waals surface area contributed by atoms with Crippen molar-refractivity contribution in [2.45, 2.75) is 6.42 Å². The molecule has 7 nitrogen and oxygen atoms in total. The van der Waals surface area contributed by atoms with E-state index in [1.54, 1.807) is 29.2 Å². The van der Waals surface area contributed by atoms with Crippen LogP contribution in [0.3, 0.4) is 0 Å².